The van der Waals surface area contributed by atoms with E-state index in [9.17, 15) is 22.8 Å². The standard InChI is InChI=1S/C31H37F4N3O3/c32-25-18-22(23-6-1-2-7-24(23)29(40)38-15-4-3-8-26(38)28(36)39)9-10-27(25)41-19-21-11-16-37(17-12-21)20-30(13-5-14-30)31(33,34)35/h1-2,6-7,9-10,18,21,26H,3-5,8,11-17,19-20H2,(H2,36,39)/t26-/m0/s1. The van der Waals surface area contributed by atoms with E-state index in [-0.39, 0.29) is 43.6 Å². The molecule has 2 N–H and O–H groups in total. The number of nitrogens with two attached hydrogens (primary N) is 1. The Labute approximate surface area is 237 Å². The number of alkyl halides is 3. The molecule has 0 spiro atoms. The first kappa shape index (κ1) is 29.4. The molecule has 1 saturated carbocycles. The van der Waals surface area contributed by atoms with Gasteiger partial charge in [-0.25, -0.2) is 4.39 Å². The van der Waals surface area contributed by atoms with Crippen molar-refractivity contribution in [2.75, 3.05) is 32.8 Å². The third-order valence-electron chi connectivity index (χ3n) is 9.11. The van der Waals surface area contributed by atoms with Crippen LogP contribution >= 0.6 is 0 Å². The first-order chi connectivity index (χ1) is 19.6. The number of likely N-dealkylation sites (tertiary alicyclic amines) is 2. The van der Waals surface area contributed by atoms with Gasteiger partial charge in [0.1, 0.15) is 6.04 Å². The van der Waals surface area contributed by atoms with Crippen LogP contribution in [0.2, 0.25) is 0 Å². The van der Waals surface area contributed by atoms with Crippen molar-refractivity contribution in [2.45, 2.75) is 63.6 Å². The number of carbonyl (C=O) groups is 2. The summed E-state index contributed by atoms with van der Waals surface area (Å²) in [7, 11) is 0. The maximum Gasteiger partial charge on any atom is 0.395 e. The van der Waals surface area contributed by atoms with Crippen LogP contribution in [0.5, 0.6) is 5.75 Å². The molecule has 2 saturated heterocycles. The molecule has 3 aliphatic rings. The lowest BCUT2D eigenvalue weighted by Crippen LogP contribution is -2.53. The third kappa shape index (κ3) is 6.22. The molecule has 0 aromatic heterocycles. The van der Waals surface area contributed by atoms with Gasteiger partial charge in [0.2, 0.25) is 5.91 Å². The van der Waals surface area contributed by atoms with E-state index < -0.39 is 29.4 Å². The molecule has 10 heteroatoms. The second kappa shape index (κ2) is 12.0. The normalized spacial score (nSPS) is 21.8. The number of piperidine rings is 2. The van der Waals surface area contributed by atoms with E-state index >= 15 is 4.39 Å². The Morgan fingerprint density at radius 3 is 2.34 bits per heavy atom. The van der Waals surface area contributed by atoms with Crippen LogP contribution in [-0.4, -0.2) is 66.6 Å². The van der Waals surface area contributed by atoms with Crippen molar-refractivity contribution in [1.29, 1.82) is 0 Å². The Hall–Kier alpha value is -3.14. The van der Waals surface area contributed by atoms with Crippen molar-refractivity contribution in [3.8, 4) is 16.9 Å². The van der Waals surface area contributed by atoms with Crippen LogP contribution in [0.3, 0.4) is 0 Å². The van der Waals surface area contributed by atoms with Crippen LogP contribution in [0.25, 0.3) is 11.1 Å². The van der Waals surface area contributed by atoms with E-state index in [1.165, 1.54) is 17.0 Å². The van der Waals surface area contributed by atoms with Crippen LogP contribution < -0.4 is 10.5 Å². The van der Waals surface area contributed by atoms with Crippen molar-refractivity contribution in [2.24, 2.45) is 17.1 Å². The molecule has 2 heterocycles. The quantitative estimate of drug-likeness (QED) is 0.404. The van der Waals surface area contributed by atoms with Gasteiger partial charge < -0.3 is 20.3 Å². The lowest BCUT2D eigenvalue weighted by Gasteiger charge is -2.47. The van der Waals surface area contributed by atoms with Gasteiger partial charge in [-0.1, -0.05) is 30.7 Å². The summed E-state index contributed by atoms with van der Waals surface area (Å²) in [4.78, 5) is 28.8. The zero-order chi connectivity index (χ0) is 29.2. The number of nitrogens with zero attached hydrogens (tertiary/aromatic N) is 2. The van der Waals surface area contributed by atoms with E-state index in [1.54, 1.807) is 30.3 Å². The van der Waals surface area contributed by atoms with Gasteiger partial charge in [0.25, 0.3) is 5.91 Å². The number of rotatable bonds is 8. The van der Waals surface area contributed by atoms with E-state index in [4.69, 9.17) is 10.5 Å². The number of amides is 2. The Bertz CT molecular complexity index is 1260. The Morgan fingerprint density at radius 1 is 0.976 bits per heavy atom. The average molecular weight is 576 g/mol. The fourth-order valence-electron chi connectivity index (χ4n) is 6.41. The van der Waals surface area contributed by atoms with Crippen molar-refractivity contribution in [3.63, 3.8) is 0 Å². The number of hydrogen-bond donors (Lipinski definition) is 1. The number of hydrogen-bond acceptors (Lipinski definition) is 4. The predicted octanol–water partition coefficient (Wildman–Crippen LogP) is 5.80. The second-order valence-corrected chi connectivity index (χ2v) is 11.8. The minimum Gasteiger partial charge on any atom is -0.490 e. The van der Waals surface area contributed by atoms with Gasteiger partial charge in [-0.05, 0) is 93.3 Å². The zero-order valence-electron chi connectivity index (χ0n) is 23.1. The van der Waals surface area contributed by atoms with Gasteiger partial charge in [0.05, 0.1) is 12.0 Å². The van der Waals surface area contributed by atoms with E-state index in [1.807, 2.05) is 4.90 Å². The number of benzene rings is 2. The highest BCUT2D eigenvalue weighted by Crippen LogP contribution is 2.53. The minimum atomic E-state index is -4.16. The van der Waals surface area contributed by atoms with Crippen LogP contribution in [0.15, 0.2) is 42.5 Å². The first-order valence-electron chi connectivity index (χ1n) is 14.5. The Balaban J connectivity index is 1.20. The molecule has 2 amide bonds. The van der Waals surface area contributed by atoms with E-state index in [0.717, 1.165) is 12.8 Å². The molecule has 5 rings (SSSR count). The van der Waals surface area contributed by atoms with Gasteiger partial charge in [0, 0.05) is 18.7 Å². The summed E-state index contributed by atoms with van der Waals surface area (Å²) in [6, 6.07) is 10.8. The third-order valence-corrected chi connectivity index (χ3v) is 9.11. The molecular weight excluding hydrogens is 538 g/mol. The second-order valence-electron chi connectivity index (χ2n) is 11.8. The van der Waals surface area contributed by atoms with Gasteiger partial charge >= 0.3 is 6.18 Å². The maximum atomic E-state index is 15.2. The molecule has 2 aromatic rings. The van der Waals surface area contributed by atoms with Crippen LogP contribution in [0, 0.1) is 17.2 Å². The lowest BCUT2D eigenvalue weighted by molar-refractivity contribution is -0.256. The number of halogens is 4. The molecular formula is C31H37F4N3O3. The minimum absolute atomic E-state index is 0.0606. The Morgan fingerprint density at radius 2 is 1.71 bits per heavy atom. The van der Waals surface area contributed by atoms with Crippen molar-refractivity contribution < 1.29 is 31.9 Å². The summed E-state index contributed by atoms with van der Waals surface area (Å²) in [6.45, 7) is 1.93. The summed E-state index contributed by atoms with van der Waals surface area (Å²) in [5, 5.41) is 0. The SMILES string of the molecule is NC(=O)[C@@H]1CCCCN1C(=O)c1ccccc1-c1ccc(OCC2CCN(CC3(C(F)(F)F)CCC3)CC2)c(F)c1. The molecule has 41 heavy (non-hydrogen) atoms. The summed E-state index contributed by atoms with van der Waals surface area (Å²) in [5.74, 6) is -1.18. The Kier molecular flexibility index (Phi) is 8.59. The highest BCUT2D eigenvalue weighted by Gasteiger charge is 2.58. The van der Waals surface area contributed by atoms with Crippen molar-refractivity contribution >= 4 is 11.8 Å². The maximum absolute atomic E-state index is 15.2. The molecule has 0 radical (unpaired) electrons. The molecule has 1 atom stereocenters. The summed E-state index contributed by atoms with van der Waals surface area (Å²) < 4.78 is 61.6. The molecule has 2 aromatic carbocycles. The fraction of sp³-hybridized carbons (Fsp3) is 0.548. The molecule has 0 unspecified atom stereocenters. The van der Waals surface area contributed by atoms with E-state index in [2.05, 4.69) is 0 Å². The van der Waals surface area contributed by atoms with Crippen molar-refractivity contribution in [1.82, 2.24) is 9.80 Å². The topological polar surface area (TPSA) is 75.9 Å². The van der Waals surface area contributed by atoms with Gasteiger partial charge in [0.15, 0.2) is 11.6 Å². The highest BCUT2D eigenvalue weighted by atomic mass is 19.4. The first-order valence-corrected chi connectivity index (χ1v) is 14.5. The van der Waals surface area contributed by atoms with Crippen LogP contribution in [0.4, 0.5) is 17.6 Å². The fourth-order valence-corrected chi connectivity index (χ4v) is 6.41. The molecule has 2 aliphatic heterocycles. The molecule has 3 fully saturated rings. The molecule has 6 nitrogen and oxygen atoms in total. The van der Waals surface area contributed by atoms with Gasteiger partial charge in [-0.2, -0.15) is 13.2 Å². The summed E-state index contributed by atoms with van der Waals surface area (Å²) in [5.41, 5.74) is 5.43. The summed E-state index contributed by atoms with van der Waals surface area (Å²) >= 11 is 0. The lowest BCUT2D eigenvalue weighted by atomic mass is 9.67. The number of carbonyl (C=O) groups excluding carboxylic acids is 2. The van der Waals surface area contributed by atoms with Gasteiger partial charge in [-0.3, -0.25) is 9.59 Å². The largest absolute Gasteiger partial charge is 0.490 e. The molecule has 222 valence electrons. The van der Waals surface area contributed by atoms with Crippen LogP contribution in [0.1, 0.15) is 61.7 Å². The van der Waals surface area contributed by atoms with Crippen LogP contribution in [-0.2, 0) is 4.79 Å². The predicted molar refractivity (Wildman–Crippen MR) is 147 cm³/mol. The molecule has 1 aliphatic carbocycles. The molecule has 0 bridgehead atoms. The van der Waals surface area contributed by atoms with E-state index in [0.29, 0.717) is 62.0 Å². The average Bonchev–Trinajstić information content (AvgIpc) is 2.94. The van der Waals surface area contributed by atoms with Gasteiger partial charge in [-0.15, -0.1) is 0 Å². The summed E-state index contributed by atoms with van der Waals surface area (Å²) in [6.07, 6.45) is 0.413. The smallest absolute Gasteiger partial charge is 0.395 e. The highest BCUT2D eigenvalue weighted by molar-refractivity contribution is 6.02. The monoisotopic (exact) mass is 575 g/mol. The zero-order valence-corrected chi connectivity index (χ0v) is 23.1. The number of primary amides is 1. The number of ether oxygens (including phenoxy) is 1. The van der Waals surface area contributed by atoms with Crippen molar-refractivity contribution in [3.05, 3.63) is 53.8 Å².